The van der Waals surface area contributed by atoms with Gasteiger partial charge in [0.25, 0.3) is 11.8 Å². The molecule has 0 fully saturated rings. The first kappa shape index (κ1) is 22.4. The average molecular weight is 367 g/mol. The summed E-state index contributed by atoms with van der Waals surface area (Å²) in [5.74, 6) is -2.34. The summed E-state index contributed by atoms with van der Waals surface area (Å²) >= 11 is 0. The second-order valence-electron chi connectivity index (χ2n) is 5.64. The summed E-state index contributed by atoms with van der Waals surface area (Å²) in [6.07, 6.45) is 0.888. The van der Waals surface area contributed by atoms with Crippen molar-refractivity contribution in [2.45, 2.75) is 26.2 Å². The third kappa shape index (κ3) is 7.31. The molecule has 0 saturated heterocycles. The Labute approximate surface area is 147 Å². The summed E-state index contributed by atoms with van der Waals surface area (Å²) in [6.45, 7) is 3.08. The second kappa shape index (κ2) is 10.3. The van der Waals surface area contributed by atoms with E-state index < -0.39 is 24.9 Å². The van der Waals surface area contributed by atoms with E-state index in [9.17, 15) is 13.6 Å². The van der Waals surface area contributed by atoms with Crippen molar-refractivity contribution < 1.29 is 23.0 Å². The molecule has 138 valence electrons. The van der Waals surface area contributed by atoms with Crippen LogP contribution in [-0.2, 0) is 0 Å². The Bertz CT molecular complexity index is 528. The second-order valence-corrected chi connectivity index (χ2v) is 5.64. The van der Waals surface area contributed by atoms with E-state index >= 15 is 0 Å². The van der Waals surface area contributed by atoms with Crippen molar-refractivity contribution in [1.82, 2.24) is 5.32 Å². The van der Waals surface area contributed by atoms with E-state index in [0.717, 1.165) is 6.42 Å². The van der Waals surface area contributed by atoms with Crippen molar-refractivity contribution in [2.75, 3.05) is 26.8 Å². The Kier molecular flexibility index (Phi) is 9.62. The van der Waals surface area contributed by atoms with Crippen LogP contribution in [0, 0.1) is 5.92 Å². The molecule has 1 aromatic carbocycles. The molecule has 0 aliphatic carbocycles. The van der Waals surface area contributed by atoms with Crippen molar-refractivity contribution >= 4 is 18.3 Å². The number of amides is 1. The third-order valence-electron chi connectivity index (χ3n) is 3.18. The van der Waals surface area contributed by atoms with Gasteiger partial charge in [0.15, 0.2) is 11.5 Å². The highest BCUT2D eigenvalue weighted by Gasteiger charge is 2.27. The summed E-state index contributed by atoms with van der Waals surface area (Å²) in [4.78, 5) is 11.9. The van der Waals surface area contributed by atoms with Crippen LogP contribution in [0.25, 0.3) is 0 Å². The lowest BCUT2D eigenvalue weighted by molar-refractivity contribution is 0.0118. The van der Waals surface area contributed by atoms with Crippen LogP contribution in [0.5, 0.6) is 11.5 Å². The number of nitrogens with one attached hydrogen (secondary N) is 1. The van der Waals surface area contributed by atoms with Crippen LogP contribution >= 0.6 is 12.4 Å². The van der Waals surface area contributed by atoms with Crippen molar-refractivity contribution in [1.29, 1.82) is 0 Å². The number of carbonyl (C=O) groups excluding carboxylic acids is 1. The zero-order valence-corrected chi connectivity index (χ0v) is 14.9. The Morgan fingerprint density at radius 2 is 2.00 bits per heavy atom. The molecule has 8 heteroatoms. The summed E-state index contributed by atoms with van der Waals surface area (Å²) < 4.78 is 36.9. The first-order valence-corrected chi connectivity index (χ1v) is 7.46. The van der Waals surface area contributed by atoms with E-state index in [1.807, 2.05) is 0 Å². The molecule has 0 saturated carbocycles. The molecule has 0 radical (unpaired) electrons. The van der Waals surface area contributed by atoms with E-state index in [1.165, 1.54) is 19.2 Å². The van der Waals surface area contributed by atoms with Gasteiger partial charge in [0, 0.05) is 5.56 Å². The molecule has 0 aliphatic heterocycles. The minimum Gasteiger partial charge on any atom is -0.493 e. The number of carbonyl (C=O) groups is 1. The normalized spacial score (nSPS) is 11.0. The molecule has 0 unspecified atom stereocenters. The molecule has 1 aromatic rings. The fraction of sp³-hybridized carbons (Fsp3) is 0.562. The number of halogens is 3. The Balaban J connectivity index is 0.00000529. The van der Waals surface area contributed by atoms with E-state index in [-0.39, 0.29) is 18.0 Å². The van der Waals surface area contributed by atoms with Gasteiger partial charge in [-0.2, -0.15) is 0 Å². The fourth-order valence-electron chi connectivity index (χ4n) is 1.72. The SMILES string of the molecule is COc1cc(C(=O)NCC(F)(F)CN)ccc1OCCC(C)C.Cl. The van der Waals surface area contributed by atoms with Gasteiger partial charge in [0.1, 0.15) is 0 Å². The molecule has 3 N–H and O–H groups in total. The van der Waals surface area contributed by atoms with Gasteiger partial charge in [-0.15, -0.1) is 12.4 Å². The number of hydrogen-bond donors (Lipinski definition) is 2. The summed E-state index contributed by atoms with van der Waals surface area (Å²) in [5.41, 5.74) is 5.14. The quantitative estimate of drug-likeness (QED) is 0.704. The number of alkyl halides is 2. The predicted octanol–water partition coefficient (Wildman–Crippen LogP) is 2.87. The van der Waals surface area contributed by atoms with Gasteiger partial charge in [-0.3, -0.25) is 4.79 Å². The number of nitrogens with two attached hydrogens (primary N) is 1. The highest BCUT2D eigenvalue weighted by molar-refractivity contribution is 5.94. The van der Waals surface area contributed by atoms with Crippen LogP contribution in [0.15, 0.2) is 18.2 Å². The Morgan fingerprint density at radius 1 is 1.33 bits per heavy atom. The first-order chi connectivity index (χ1) is 10.8. The minimum atomic E-state index is -3.13. The smallest absolute Gasteiger partial charge is 0.277 e. The lowest BCUT2D eigenvalue weighted by Gasteiger charge is -2.15. The molecule has 1 rings (SSSR count). The predicted molar refractivity (Wildman–Crippen MR) is 91.5 cm³/mol. The van der Waals surface area contributed by atoms with Gasteiger partial charge in [-0.25, -0.2) is 8.78 Å². The molecule has 5 nitrogen and oxygen atoms in total. The molecule has 0 bridgehead atoms. The van der Waals surface area contributed by atoms with Gasteiger partial charge in [-0.1, -0.05) is 13.8 Å². The lowest BCUT2D eigenvalue weighted by atomic mass is 10.1. The topological polar surface area (TPSA) is 73.6 Å². The maximum atomic E-state index is 13.1. The Hall–Kier alpha value is -1.60. The van der Waals surface area contributed by atoms with E-state index in [1.54, 1.807) is 6.07 Å². The highest BCUT2D eigenvalue weighted by Crippen LogP contribution is 2.28. The van der Waals surface area contributed by atoms with E-state index in [4.69, 9.17) is 15.2 Å². The summed E-state index contributed by atoms with van der Waals surface area (Å²) in [7, 11) is 1.45. The van der Waals surface area contributed by atoms with E-state index in [2.05, 4.69) is 19.2 Å². The van der Waals surface area contributed by atoms with Gasteiger partial charge < -0.3 is 20.5 Å². The number of benzene rings is 1. The third-order valence-corrected chi connectivity index (χ3v) is 3.18. The number of methoxy groups -OCH3 is 1. The zero-order chi connectivity index (χ0) is 17.5. The van der Waals surface area contributed by atoms with Crippen molar-refractivity contribution in [3.05, 3.63) is 23.8 Å². The molecule has 0 spiro atoms. The number of ether oxygens (including phenoxy) is 2. The lowest BCUT2D eigenvalue weighted by Crippen LogP contribution is -2.41. The number of rotatable bonds is 9. The molecule has 0 aromatic heterocycles. The van der Waals surface area contributed by atoms with Crippen molar-refractivity contribution in [3.63, 3.8) is 0 Å². The molecule has 24 heavy (non-hydrogen) atoms. The minimum absolute atomic E-state index is 0. The van der Waals surface area contributed by atoms with Crippen LogP contribution in [0.3, 0.4) is 0 Å². The Morgan fingerprint density at radius 3 is 2.54 bits per heavy atom. The van der Waals surface area contributed by atoms with Gasteiger partial charge >= 0.3 is 0 Å². The molecular weight excluding hydrogens is 342 g/mol. The number of hydrogen-bond acceptors (Lipinski definition) is 4. The maximum Gasteiger partial charge on any atom is 0.277 e. The molecule has 1 amide bonds. The monoisotopic (exact) mass is 366 g/mol. The average Bonchev–Trinajstić information content (AvgIpc) is 2.52. The standard InChI is InChI=1S/C16H24F2N2O3.ClH/c1-11(2)6-7-23-13-5-4-12(8-14(13)22-3)15(21)20-10-16(17,18)9-19;/h4-5,8,11H,6-7,9-10,19H2,1-3H3,(H,20,21);1H. The summed E-state index contributed by atoms with van der Waals surface area (Å²) in [6, 6.07) is 4.55. The van der Waals surface area contributed by atoms with Crippen molar-refractivity contribution in [2.24, 2.45) is 11.7 Å². The summed E-state index contributed by atoms with van der Waals surface area (Å²) in [5, 5.41) is 2.15. The molecular formula is C16H25ClF2N2O3. The van der Waals surface area contributed by atoms with Crippen molar-refractivity contribution in [3.8, 4) is 11.5 Å². The van der Waals surface area contributed by atoms with Gasteiger partial charge in [0.2, 0.25) is 0 Å². The molecule has 0 heterocycles. The van der Waals surface area contributed by atoms with E-state index in [0.29, 0.717) is 24.0 Å². The highest BCUT2D eigenvalue weighted by atomic mass is 35.5. The largest absolute Gasteiger partial charge is 0.493 e. The molecule has 0 aliphatic rings. The van der Waals surface area contributed by atoms with Crippen LogP contribution < -0.4 is 20.5 Å². The first-order valence-electron chi connectivity index (χ1n) is 7.46. The molecule has 0 atom stereocenters. The van der Waals surface area contributed by atoms with Crippen LogP contribution in [0.1, 0.15) is 30.6 Å². The zero-order valence-electron chi connectivity index (χ0n) is 14.1. The fourth-order valence-corrected chi connectivity index (χ4v) is 1.72. The van der Waals surface area contributed by atoms with Gasteiger partial charge in [-0.05, 0) is 30.5 Å². The van der Waals surface area contributed by atoms with Crippen LogP contribution in [0.2, 0.25) is 0 Å². The maximum absolute atomic E-state index is 13.1. The van der Waals surface area contributed by atoms with Gasteiger partial charge in [0.05, 0.1) is 26.8 Å². The van der Waals surface area contributed by atoms with Crippen LogP contribution in [0.4, 0.5) is 8.78 Å². The van der Waals surface area contributed by atoms with Crippen LogP contribution in [-0.4, -0.2) is 38.6 Å².